The van der Waals surface area contributed by atoms with Crippen LogP contribution in [0.5, 0.6) is 0 Å². The molecule has 3 rings (SSSR count). The average Bonchev–Trinajstić information content (AvgIpc) is 2.95. The summed E-state index contributed by atoms with van der Waals surface area (Å²) in [5.74, 6) is 1.17. The third-order valence-corrected chi connectivity index (χ3v) is 3.54. The van der Waals surface area contributed by atoms with Crippen molar-refractivity contribution in [2.45, 2.75) is 13.5 Å². The summed E-state index contributed by atoms with van der Waals surface area (Å²) in [7, 11) is 0. The van der Waals surface area contributed by atoms with Gasteiger partial charge < -0.3 is 9.84 Å². The fraction of sp³-hybridized carbons (Fsp3) is 0.125. The van der Waals surface area contributed by atoms with Crippen molar-refractivity contribution in [2.24, 2.45) is 0 Å². The number of aromatic nitrogens is 2. The van der Waals surface area contributed by atoms with Gasteiger partial charge in [0.1, 0.15) is 0 Å². The maximum absolute atomic E-state index is 5.27. The molecule has 3 aromatic rings. The molecule has 0 amide bonds. The molecule has 0 aliphatic carbocycles. The summed E-state index contributed by atoms with van der Waals surface area (Å²) >= 11 is 3.44. The van der Waals surface area contributed by atoms with Crippen LogP contribution in [0.4, 0.5) is 5.69 Å². The zero-order valence-corrected chi connectivity index (χ0v) is 13.1. The Morgan fingerprint density at radius 3 is 2.71 bits per heavy atom. The molecule has 21 heavy (non-hydrogen) atoms. The van der Waals surface area contributed by atoms with Crippen LogP contribution in [-0.4, -0.2) is 10.1 Å². The van der Waals surface area contributed by atoms with Gasteiger partial charge in [-0.2, -0.15) is 4.98 Å². The SMILES string of the molecule is Cc1ccc(-c2noc(CNc3cccc(Br)c3)n2)cc1. The molecule has 0 saturated heterocycles. The summed E-state index contributed by atoms with van der Waals surface area (Å²) in [6.45, 7) is 2.54. The lowest BCUT2D eigenvalue weighted by molar-refractivity contribution is 0.384. The molecule has 5 heteroatoms. The highest BCUT2D eigenvalue weighted by atomic mass is 79.9. The minimum absolute atomic E-state index is 0.495. The van der Waals surface area contributed by atoms with Gasteiger partial charge in [-0.1, -0.05) is 57.0 Å². The number of hydrogen-bond acceptors (Lipinski definition) is 4. The van der Waals surface area contributed by atoms with E-state index in [9.17, 15) is 0 Å². The maximum atomic E-state index is 5.27. The lowest BCUT2D eigenvalue weighted by Gasteiger charge is -2.02. The topological polar surface area (TPSA) is 51.0 Å². The van der Waals surface area contributed by atoms with E-state index in [1.807, 2.05) is 55.5 Å². The zero-order chi connectivity index (χ0) is 14.7. The molecule has 0 bridgehead atoms. The van der Waals surface area contributed by atoms with Gasteiger partial charge in [-0.25, -0.2) is 0 Å². The van der Waals surface area contributed by atoms with Crippen molar-refractivity contribution in [2.75, 3.05) is 5.32 Å². The molecule has 4 nitrogen and oxygen atoms in total. The van der Waals surface area contributed by atoms with E-state index in [4.69, 9.17) is 4.52 Å². The van der Waals surface area contributed by atoms with Crippen molar-refractivity contribution in [1.29, 1.82) is 0 Å². The molecule has 0 radical (unpaired) electrons. The number of rotatable bonds is 4. The fourth-order valence-electron chi connectivity index (χ4n) is 1.92. The monoisotopic (exact) mass is 343 g/mol. The first-order valence-electron chi connectivity index (χ1n) is 6.60. The Morgan fingerprint density at radius 1 is 1.14 bits per heavy atom. The summed E-state index contributed by atoms with van der Waals surface area (Å²) in [6, 6.07) is 16.0. The molecular weight excluding hydrogens is 330 g/mol. The van der Waals surface area contributed by atoms with Crippen molar-refractivity contribution in [3.05, 3.63) is 64.5 Å². The smallest absolute Gasteiger partial charge is 0.246 e. The van der Waals surface area contributed by atoms with E-state index in [1.165, 1.54) is 5.56 Å². The summed E-state index contributed by atoms with van der Waals surface area (Å²) < 4.78 is 6.29. The normalized spacial score (nSPS) is 10.6. The van der Waals surface area contributed by atoms with Gasteiger partial charge >= 0.3 is 0 Å². The Morgan fingerprint density at radius 2 is 1.95 bits per heavy atom. The Labute approximate surface area is 131 Å². The van der Waals surface area contributed by atoms with E-state index in [-0.39, 0.29) is 0 Å². The van der Waals surface area contributed by atoms with Crippen LogP contribution in [0.2, 0.25) is 0 Å². The fourth-order valence-corrected chi connectivity index (χ4v) is 2.32. The molecule has 1 heterocycles. The molecule has 0 saturated carbocycles. The highest BCUT2D eigenvalue weighted by Gasteiger charge is 2.08. The first-order chi connectivity index (χ1) is 10.2. The Balaban J connectivity index is 1.69. The van der Waals surface area contributed by atoms with Crippen molar-refractivity contribution in [3.63, 3.8) is 0 Å². The maximum Gasteiger partial charge on any atom is 0.246 e. The Hall–Kier alpha value is -2.14. The Bertz CT molecular complexity index is 737. The summed E-state index contributed by atoms with van der Waals surface area (Å²) in [5, 5.41) is 7.26. The van der Waals surface area contributed by atoms with Crippen molar-refractivity contribution in [1.82, 2.24) is 10.1 Å². The van der Waals surface area contributed by atoms with Gasteiger partial charge in [0.05, 0.1) is 6.54 Å². The molecule has 0 aliphatic rings. The van der Waals surface area contributed by atoms with Gasteiger partial charge in [0.25, 0.3) is 0 Å². The second-order valence-corrected chi connectivity index (χ2v) is 5.66. The summed E-state index contributed by atoms with van der Waals surface area (Å²) in [5.41, 5.74) is 3.16. The zero-order valence-electron chi connectivity index (χ0n) is 11.5. The van der Waals surface area contributed by atoms with Crippen molar-refractivity contribution in [3.8, 4) is 11.4 Å². The number of nitrogens with one attached hydrogen (secondary N) is 1. The molecular formula is C16H14BrN3O. The van der Waals surface area contributed by atoms with E-state index in [0.29, 0.717) is 18.3 Å². The first-order valence-corrected chi connectivity index (χ1v) is 7.39. The molecule has 0 fully saturated rings. The predicted molar refractivity (Wildman–Crippen MR) is 85.9 cm³/mol. The van der Waals surface area contributed by atoms with Crippen LogP contribution in [0, 0.1) is 6.92 Å². The highest BCUT2D eigenvalue weighted by Crippen LogP contribution is 2.18. The van der Waals surface area contributed by atoms with Crippen LogP contribution < -0.4 is 5.32 Å². The minimum atomic E-state index is 0.495. The number of benzene rings is 2. The second-order valence-electron chi connectivity index (χ2n) is 4.74. The van der Waals surface area contributed by atoms with Crippen molar-refractivity contribution < 1.29 is 4.52 Å². The summed E-state index contributed by atoms with van der Waals surface area (Å²) in [6.07, 6.45) is 0. The molecule has 1 N–H and O–H groups in total. The lowest BCUT2D eigenvalue weighted by atomic mass is 10.1. The van der Waals surface area contributed by atoms with Crippen LogP contribution >= 0.6 is 15.9 Å². The molecule has 1 aromatic heterocycles. The van der Waals surface area contributed by atoms with E-state index >= 15 is 0 Å². The molecule has 0 atom stereocenters. The standard InChI is InChI=1S/C16H14BrN3O/c1-11-5-7-12(8-6-11)16-19-15(21-20-16)10-18-14-4-2-3-13(17)9-14/h2-9,18H,10H2,1H3. The average molecular weight is 344 g/mol. The van der Waals surface area contributed by atoms with Gasteiger partial charge in [0, 0.05) is 15.7 Å². The predicted octanol–water partition coefficient (Wildman–Crippen LogP) is 4.42. The van der Waals surface area contributed by atoms with Crippen LogP contribution in [0.3, 0.4) is 0 Å². The molecule has 106 valence electrons. The van der Waals surface area contributed by atoms with Crippen molar-refractivity contribution >= 4 is 21.6 Å². The third-order valence-electron chi connectivity index (χ3n) is 3.05. The molecule has 0 unspecified atom stereocenters. The molecule has 0 spiro atoms. The largest absolute Gasteiger partial charge is 0.376 e. The van der Waals surface area contributed by atoms with E-state index in [0.717, 1.165) is 15.7 Å². The first kappa shape index (κ1) is 13.8. The van der Waals surface area contributed by atoms with Crippen LogP contribution in [0.15, 0.2) is 57.5 Å². The van der Waals surface area contributed by atoms with Gasteiger partial charge in [-0.3, -0.25) is 0 Å². The number of halogens is 1. The Kier molecular flexibility index (Phi) is 4.01. The minimum Gasteiger partial charge on any atom is -0.376 e. The van der Waals surface area contributed by atoms with Gasteiger partial charge in [-0.05, 0) is 25.1 Å². The summed E-state index contributed by atoms with van der Waals surface area (Å²) in [4.78, 5) is 4.40. The number of nitrogens with zero attached hydrogens (tertiary/aromatic N) is 2. The number of anilines is 1. The quantitative estimate of drug-likeness (QED) is 0.761. The lowest BCUT2D eigenvalue weighted by Crippen LogP contribution is -1.99. The van der Waals surface area contributed by atoms with Gasteiger partial charge in [-0.15, -0.1) is 0 Å². The number of aryl methyl sites for hydroxylation is 1. The third kappa shape index (κ3) is 3.49. The van der Waals surface area contributed by atoms with E-state index < -0.39 is 0 Å². The van der Waals surface area contributed by atoms with E-state index in [1.54, 1.807) is 0 Å². The van der Waals surface area contributed by atoms with E-state index in [2.05, 4.69) is 31.4 Å². The number of hydrogen-bond donors (Lipinski definition) is 1. The molecule has 2 aromatic carbocycles. The van der Waals surface area contributed by atoms with Crippen LogP contribution in [0.25, 0.3) is 11.4 Å². The second kappa shape index (κ2) is 6.10. The molecule has 0 aliphatic heterocycles. The van der Waals surface area contributed by atoms with Crippen LogP contribution in [-0.2, 0) is 6.54 Å². The van der Waals surface area contributed by atoms with Gasteiger partial charge in [0.2, 0.25) is 11.7 Å². The van der Waals surface area contributed by atoms with Gasteiger partial charge in [0.15, 0.2) is 0 Å². The van der Waals surface area contributed by atoms with Crippen LogP contribution in [0.1, 0.15) is 11.5 Å². The highest BCUT2D eigenvalue weighted by molar-refractivity contribution is 9.10.